The van der Waals surface area contributed by atoms with Crippen molar-refractivity contribution in [3.63, 3.8) is 0 Å². The van der Waals surface area contributed by atoms with E-state index in [1.54, 1.807) is 0 Å². The third-order valence-corrected chi connectivity index (χ3v) is 6.14. The Balaban J connectivity index is 1.86. The van der Waals surface area contributed by atoms with Crippen LogP contribution in [-0.2, 0) is 14.8 Å². The van der Waals surface area contributed by atoms with Gasteiger partial charge < -0.3 is 4.74 Å². The molecule has 0 amide bonds. The minimum Gasteiger partial charge on any atom is -0.375 e. The fraction of sp³-hybridized carbons (Fsp3) is 1.00. The lowest BCUT2D eigenvalue weighted by Crippen LogP contribution is -2.49. The minimum absolute atomic E-state index is 0.0346. The lowest BCUT2D eigenvalue weighted by molar-refractivity contribution is -0.106. The Morgan fingerprint density at radius 1 is 1.20 bits per heavy atom. The number of nitrogens with one attached hydrogen (secondary N) is 1. The van der Waals surface area contributed by atoms with E-state index in [1.807, 2.05) is 0 Å². The molecule has 0 aromatic rings. The molecule has 2 rings (SSSR count). The summed E-state index contributed by atoms with van der Waals surface area (Å²) in [6.07, 6.45) is 10.4. The Morgan fingerprint density at radius 3 is 2.65 bits per heavy atom. The summed E-state index contributed by atoms with van der Waals surface area (Å²) >= 11 is 0. The number of rotatable bonds is 6. The van der Waals surface area contributed by atoms with E-state index in [9.17, 15) is 8.42 Å². The average Bonchev–Trinajstić information content (AvgIpc) is 2.39. The third-order valence-electron chi connectivity index (χ3n) is 4.62. The highest BCUT2D eigenvalue weighted by molar-refractivity contribution is 7.89. The van der Waals surface area contributed by atoms with Gasteiger partial charge in [0.05, 0.1) is 11.4 Å². The first-order valence-corrected chi connectivity index (χ1v) is 9.84. The summed E-state index contributed by atoms with van der Waals surface area (Å²) in [4.78, 5) is 0. The monoisotopic (exact) mass is 303 g/mol. The first-order chi connectivity index (χ1) is 9.55. The van der Waals surface area contributed by atoms with E-state index in [-0.39, 0.29) is 17.4 Å². The van der Waals surface area contributed by atoms with Crippen molar-refractivity contribution in [1.29, 1.82) is 0 Å². The summed E-state index contributed by atoms with van der Waals surface area (Å²) in [5.74, 6) is 0.269. The van der Waals surface area contributed by atoms with E-state index in [2.05, 4.69) is 11.6 Å². The summed E-state index contributed by atoms with van der Waals surface area (Å²) in [6.45, 7) is 2.79. The van der Waals surface area contributed by atoms with Crippen molar-refractivity contribution in [3.05, 3.63) is 0 Å². The second-order valence-corrected chi connectivity index (χ2v) is 8.30. The molecule has 2 fully saturated rings. The molecule has 5 heteroatoms. The van der Waals surface area contributed by atoms with Gasteiger partial charge in [0.1, 0.15) is 0 Å². The molecule has 1 spiro atoms. The molecule has 1 aliphatic carbocycles. The zero-order valence-corrected chi connectivity index (χ0v) is 13.5. The van der Waals surface area contributed by atoms with Gasteiger partial charge in [0.2, 0.25) is 10.0 Å². The Hall–Kier alpha value is -0.130. The smallest absolute Gasteiger partial charge is 0.211 e. The predicted octanol–water partition coefficient (Wildman–Crippen LogP) is 2.98. The molecule has 1 atom stereocenters. The average molecular weight is 303 g/mol. The fourth-order valence-corrected chi connectivity index (χ4v) is 4.94. The second-order valence-electron chi connectivity index (χ2n) is 6.43. The summed E-state index contributed by atoms with van der Waals surface area (Å²) in [5.41, 5.74) is -0.0346. The van der Waals surface area contributed by atoms with Crippen molar-refractivity contribution in [3.8, 4) is 0 Å². The van der Waals surface area contributed by atoms with Crippen LogP contribution in [0.25, 0.3) is 0 Å². The Morgan fingerprint density at radius 2 is 1.95 bits per heavy atom. The van der Waals surface area contributed by atoms with Crippen molar-refractivity contribution in [2.24, 2.45) is 0 Å². The number of hydrogen-bond donors (Lipinski definition) is 1. The van der Waals surface area contributed by atoms with Gasteiger partial charge in [-0.25, -0.2) is 13.1 Å². The molecule has 0 aromatic carbocycles. The molecule has 0 aromatic heterocycles. The minimum atomic E-state index is -3.11. The molecule has 20 heavy (non-hydrogen) atoms. The van der Waals surface area contributed by atoms with Gasteiger partial charge >= 0.3 is 0 Å². The van der Waals surface area contributed by atoms with Crippen LogP contribution in [0, 0.1) is 0 Å². The van der Waals surface area contributed by atoms with Crippen molar-refractivity contribution >= 4 is 10.0 Å². The van der Waals surface area contributed by atoms with Gasteiger partial charge in [0, 0.05) is 12.6 Å². The molecule has 0 bridgehead atoms. The molecular weight excluding hydrogens is 274 g/mol. The van der Waals surface area contributed by atoms with E-state index in [0.29, 0.717) is 6.61 Å². The van der Waals surface area contributed by atoms with Gasteiger partial charge in [-0.2, -0.15) is 0 Å². The summed E-state index contributed by atoms with van der Waals surface area (Å²) in [6, 6.07) is 0.0773. The first-order valence-electron chi connectivity index (χ1n) is 8.19. The molecule has 1 aliphatic heterocycles. The van der Waals surface area contributed by atoms with Crippen LogP contribution in [0.4, 0.5) is 0 Å². The molecule has 1 N–H and O–H groups in total. The van der Waals surface area contributed by atoms with Crippen LogP contribution in [0.5, 0.6) is 0 Å². The molecule has 4 nitrogen and oxygen atoms in total. The van der Waals surface area contributed by atoms with Gasteiger partial charge in [-0.1, -0.05) is 39.0 Å². The number of ether oxygens (including phenoxy) is 1. The summed E-state index contributed by atoms with van der Waals surface area (Å²) < 4.78 is 33.1. The van der Waals surface area contributed by atoms with Crippen LogP contribution < -0.4 is 4.72 Å². The normalized spacial score (nSPS) is 26.8. The number of hydrogen-bond acceptors (Lipinski definition) is 3. The van der Waals surface area contributed by atoms with Crippen molar-refractivity contribution < 1.29 is 13.2 Å². The fourth-order valence-electron chi connectivity index (χ4n) is 3.53. The molecule has 2 aliphatic rings. The lowest BCUT2D eigenvalue weighted by atomic mass is 9.78. The van der Waals surface area contributed by atoms with Gasteiger partial charge in [-0.05, 0) is 32.1 Å². The highest BCUT2D eigenvalue weighted by atomic mass is 32.2. The molecular formula is C15H29NO3S. The molecule has 1 saturated heterocycles. The molecule has 118 valence electrons. The van der Waals surface area contributed by atoms with Crippen LogP contribution in [-0.4, -0.2) is 32.4 Å². The van der Waals surface area contributed by atoms with Crippen molar-refractivity contribution in [2.45, 2.75) is 82.8 Å². The maximum absolute atomic E-state index is 12.1. The topological polar surface area (TPSA) is 55.4 Å². The van der Waals surface area contributed by atoms with E-state index >= 15 is 0 Å². The number of unbranched alkanes of at least 4 members (excludes halogenated alkanes) is 2. The molecule has 0 radical (unpaired) electrons. The lowest BCUT2D eigenvalue weighted by Gasteiger charge is -2.43. The van der Waals surface area contributed by atoms with Gasteiger partial charge in [-0.3, -0.25) is 0 Å². The van der Waals surface area contributed by atoms with Crippen LogP contribution in [0.2, 0.25) is 0 Å². The zero-order chi connectivity index (χ0) is 14.5. The van der Waals surface area contributed by atoms with Gasteiger partial charge in [0.25, 0.3) is 0 Å². The SMILES string of the molecule is CCCCCS(=O)(=O)NC1CCOC2(CCCCC2)C1. The molecule has 1 heterocycles. The predicted molar refractivity (Wildman–Crippen MR) is 81.2 cm³/mol. The maximum Gasteiger partial charge on any atom is 0.211 e. The van der Waals surface area contributed by atoms with Gasteiger partial charge in [0.15, 0.2) is 0 Å². The van der Waals surface area contributed by atoms with E-state index in [1.165, 1.54) is 19.3 Å². The largest absolute Gasteiger partial charge is 0.375 e. The quantitative estimate of drug-likeness (QED) is 0.768. The molecule has 1 unspecified atom stereocenters. The molecule has 1 saturated carbocycles. The van der Waals surface area contributed by atoms with E-state index in [0.717, 1.165) is 44.9 Å². The van der Waals surface area contributed by atoms with Gasteiger partial charge in [-0.15, -0.1) is 0 Å². The van der Waals surface area contributed by atoms with Crippen LogP contribution in [0.3, 0.4) is 0 Å². The summed E-state index contributed by atoms with van der Waals surface area (Å²) in [5, 5.41) is 0. The zero-order valence-electron chi connectivity index (χ0n) is 12.7. The number of sulfonamides is 1. The Bertz CT molecular complexity index is 382. The highest BCUT2D eigenvalue weighted by Gasteiger charge is 2.39. The second kappa shape index (κ2) is 7.23. The van der Waals surface area contributed by atoms with E-state index < -0.39 is 10.0 Å². The van der Waals surface area contributed by atoms with Crippen molar-refractivity contribution in [2.75, 3.05) is 12.4 Å². The van der Waals surface area contributed by atoms with Crippen LogP contribution >= 0.6 is 0 Å². The first kappa shape index (κ1) is 16.2. The van der Waals surface area contributed by atoms with Crippen molar-refractivity contribution in [1.82, 2.24) is 4.72 Å². The highest BCUT2D eigenvalue weighted by Crippen LogP contribution is 2.38. The standard InChI is InChI=1S/C15H29NO3S/c1-2-3-7-12-20(17,18)16-14-8-11-19-15(13-14)9-5-4-6-10-15/h14,16H,2-13H2,1H3. The third kappa shape index (κ3) is 4.71. The van der Waals surface area contributed by atoms with Crippen LogP contribution in [0.15, 0.2) is 0 Å². The Labute approximate surface area is 123 Å². The summed E-state index contributed by atoms with van der Waals surface area (Å²) in [7, 11) is -3.11. The van der Waals surface area contributed by atoms with E-state index in [4.69, 9.17) is 4.74 Å². The van der Waals surface area contributed by atoms with Crippen LogP contribution in [0.1, 0.15) is 71.1 Å². The maximum atomic E-state index is 12.1. The Kier molecular flexibility index (Phi) is 5.87.